The SMILES string of the molecule is CCN(CCN1C(=O)c2ccccc2C1=O)c1ccc(/N=N/c2sc([N+](=O)[O-])cc2[N+](=O)[O-])c(NC(C)=O)c1. The third-order valence-electron chi connectivity index (χ3n) is 5.82. The standard InChI is InChI=1S/C24H21N7O7S/c1-3-28(10-11-29-23(33)16-6-4-5-7-17(16)24(29)34)15-8-9-18(19(12-15)25-14(2)32)26-27-22-20(30(35)36)13-21(39-22)31(37)38/h4-9,12-13H,3,10-11H2,1-2H3,(H,25,32)/b27-26+. The van der Waals surface area contributed by atoms with Gasteiger partial charge in [0.2, 0.25) is 10.9 Å². The number of hydrogen-bond acceptors (Lipinski definition) is 11. The topological polar surface area (TPSA) is 181 Å². The second kappa shape index (κ2) is 11.1. The zero-order valence-corrected chi connectivity index (χ0v) is 21.5. The number of likely N-dealkylation sites (N-methyl/N-ethyl adjacent to an activating group) is 1. The van der Waals surface area contributed by atoms with Gasteiger partial charge in [-0.1, -0.05) is 12.1 Å². The van der Waals surface area contributed by atoms with Crippen molar-refractivity contribution in [2.45, 2.75) is 13.8 Å². The van der Waals surface area contributed by atoms with Gasteiger partial charge in [0.1, 0.15) is 11.8 Å². The van der Waals surface area contributed by atoms with Crippen molar-refractivity contribution >= 4 is 61.8 Å². The summed E-state index contributed by atoms with van der Waals surface area (Å²) < 4.78 is 0. The number of imide groups is 1. The van der Waals surface area contributed by atoms with E-state index < -0.39 is 26.4 Å². The molecule has 3 aromatic rings. The predicted octanol–water partition coefficient (Wildman–Crippen LogP) is 5.06. The van der Waals surface area contributed by atoms with Crippen LogP contribution in [0.5, 0.6) is 0 Å². The van der Waals surface area contributed by atoms with Crippen LogP contribution in [0.4, 0.5) is 32.8 Å². The molecular formula is C24H21N7O7S. The normalized spacial score (nSPS) is 12.6. The van der Waals surface area contributed by atoms with E-state index in [1.165, 1.54) is 17.9 Å². The molecule has 1 N–H and O–H groups in total. The predicted molar refractivity (Wildman–Crippen MR) is 142 cm³/mol. The lowest BCUT2D eigenvalue weighted by Gasteiger charge is -2.26. The second-order valence-corrected chi connectivity index (χ2v) is 9.27. The Bertz CT molecular complexity index is 1500. The molecule has 0 saturated carbocycles. The number of fused-ring (bicyclic) bond motifs is 1. The summed E-state index contributed by atoms with van der Waals surface area (Å²) in [5, 5.41) is 32.1. The molecule has 200 valence electrons. The number of amides is 3. The van der Waals surface area contributed by atoms with Gasteiger partial charge in [-0.2, -0.15) is 0 Å². The number of hydrogen-bond donors (Lipinski definition) is 1. The first-order chi connectivity index (χ1) is 18.6. The van der Waals surface area contributed by atoms with Gasteiger partial charge in [0.15, 0.2) is 0 Å². The van der Waals surface area contributed by atoms with Crippen LogP contribution in [0.25, 0.3) is 0 Å². The summed E-state index contributed by atoms with van der Waals surface area (Å²) in [6, 6.07) is 12.3. The van der Waals surface area contributed by atoms with Crippen LogP contribution in [0.1, 0.15) is 34.6 Å². The molecule has 2 heterocycles. The second-order valence-electron chi connectivity index (χ2n) is 8.26. The molecule has 0 atom stereocenters. The van der Waals surface area contributed by atoms with Crippen molar-refractivity contribution in [2.75, 3.05) is 29.9 Å². The van der Waals surface area contributed by atoms with Crippen LogP contribution in [0, 0.1) is 20.2 Å². The van der Waals surface area contributed by atoms with Gasteiger partial charge in [0, 0.05) is 32.2 Å². The fourth-order valence-electron chi connectivity index (χ4n) is 3.98. The van der Waals surface area contributed by atoms with Crippen LogP contribution in [-0.2, 0) is 4.79 Å². The molecule has 0 bridgehead atoms. The van der Waals surface area contributed by atoms with Crippen molar-refractivity contribution in [1.29, 1.82) is 0 Å². The largest absolute Gasteiger partial charge is 0.370 e. The molecule has 39 heavy (non-hydrogen) atoms. The molecule has 15 heteroatoms. The molecule has 0 spiro atoms. The zero-order chi connectivity index (χ0) is 28.3. The summed E-state index contributed by atoms with van der Waals surface area (Å²) >= 11 is 0.505. The van der Waals surface area contributed by atoms with Crippen molar-refractivity contribution in [1.82, 2.24) is 4.90 Å². The van der Waals surface area contributed by atoms with E-state index in [4.69, 9.17) is 0 Å². The van der Waals surface area contributed by atoms with Crippen LogP contribution < -0.4 is 10.2 Å². The molecule has 0 saturated heterocycles. The van der Waals surface area contributed by atoms with E-state index in [9.17, 15) is 34.6 Å². The number of anilines is 2. The number of carbonyl (C=O) groups is 3. The minimum Gasteiger partial charge on any atom is -0.370 e. The maximum absolute atomic E-state index is 12.7. The number of nitrogens with one attached hydrogen (secondary N) is 1. The van der Waals surface area contributed by atoms with Gasteiger partial charge < -0.3 is 10.2 Å². The Labute approximate surface area is 224 Å². The molecule has 2 aromatic carbocycles. The molecule has 1 aromatic heterocycles. The highest BCUT2D eigenvalue weighted by molar-refractivity contribution is 7.19. The summed E-state index contributed by atoms with van der Waals surface area (Å²) in [6.07, 6.45) is 0. The minimum atomic E-state index is -0.789. The van der Waals surface area contributed by atoms with E-state index in [1.54, 1.807) is 36.4 Å². The zero-order valence-electron chi connectivity index (χ0n) is 20.7. The highest BCUT2D eigenvalue weighted by Crippen LogP contribution is 2.42. The van der Waals surface area contributed by atoms with Crippen LogP contribution in [0.2, 0.25) is 0 Å². The first kappa shape index (κ1) is 27.0. The average molecular weight is 552 g/mol. The Hall–Kier alpha value is -5.05. The smallest absolute Gasteiger partial charge is 0.333 e. The van der Waals surface area contributed by atoms with Crippen LogP contribution in [0.15, 0.2) is 58.8 Å². The Balaban J connectivity index is 1.57. The van der Waals surface area contributed by atoms with Crippen molar-refractivity contribution in [3.8, 4) is 0 Å². The average Bonchev–Trinajstić information content (AvgIpc) is 3.44. The van der Waals surface area contributed by atoms with E-state index in [0.717, 1.165) is 6.07 Å². The first-order valence-corrected chi connectivity index (χ1v) is 12.4. The van der Waals surface area contributed by atoms with Gasteiger partial charge in [-0.15, -0.1) is 10.2 Å². The summed E-state index contributed by atoms with van der Waals surface area (Å²) in [5.74, 6) is -1.12. The highest BCUT2D eigenvalue weighted by Gasteiger charge is 2.35. The Kier molecular flexibility index (Phi) is 7.71. The third-order valence-corrected chi connectivity index (χ3v) is 6.78. The molecule has 1 aliphatic rings. The molecule has 14 nitrogen and oxygen atoms in total. The van der Waals surface area contributed by atoms with Gasteiger partial charge >= 0.3 is 10.7 Å². The summed E-state index contributed by atoms with van der Waals surface area (Å²) in [5.41, 5.74) is 1.23. The number of carbonyl (C=O) groups excluding carboxylic acids is 3. The molecule has 0 aliphatic carbocycles. The monoisotopic (exact) mass is 551 g/mol. The highest BCUT2D eigenvalue weighted by atomic mass is 32.1. The molecular weight excluding hydrogens is 530 g/mol. The molecule has 0 unspecified atom stereocenters. The van der Waals surface area contributed by atoms with Gasteiger partial charge in [-0.25, -0.2) is 0 Å². The Morgan fingerprint density at radius 3 is 2.26 bits per heavy atom. The maximum Gasteiger partial charge on any atom is 0.333 e. The quantitative estimate of drug-likeness (QED) is 0.157. The van der Waals surface area contributed by atoms with Gasteiger partial charge in [-0.05, 0) is 48.6 Å². The van der Waals surface area contributed by atoms with Crippen molar-refractivity contribution in [3.05, 3.63) is 79.9 Å². The fraction of sp³-hybridized carbons (Fsp3) is 0.208. The maximum atomic E-state index is 12.7. The number of rotatable bonds is 10. The number of azo groups is 1. The lowest BCUT2D eigenvalue weighted by Crippen LogP contribution is -2.38. The molecule has 4 rings (SSSR count). The van der Waals surface area contributed by atoms with Gasteiger partial charge in [0.25, 0.3) is 11.8 Å². The fourth-order valence-corrected chi connectivity index (χ4v) is 4.74. The van der Waals surface area contributed by atoms with E-state index >= 15 is 0 Å². The van der Waals surface area contributed by atoms with Gasteiger partial charge in [0.05, 0.1) is 26.7 Å². The molecule has 0 radical (unpaired) electrons. The molecule has 0 fully saturated rings. The van der Waals surface area contributed by atoms with Crippen LogP contribution in [-0.4, -0.2) is 52.1 Å². The van der Waals surface area contributed by atoms with Crippen LogP contribution in [0.3, 0.4) is 0 Å². The van der Waals surface area contributed by atoms with Crippen molar-refractivity contribution in [2.24, 2.45) is 10.2 Å². The van der Waals surface area contributed by atoms with Crippen molar-refractivity contribution in [3.63, 3.8) is 0 Å². The number of nitro groups is 2. The summed E-state index contributed by atoms with van der Waals surface area (Å²) in [4.78, 5) is 61.1. The van der Waals surface area contributed by atoms with E-state index in [2.05, 4.69) is 15.5 Å². The molecule has 1 aliphatic heterocycles. The summed E-state index contributed by atoms with van der Waals surface area (Å²) in [6.45, 7) is 4.14. The van der Waals surface area contributed by atoms with Crippen molar-refractivity contribution < 1.29 is 24.2 Å². The third kappa shape index (κ3) is 5.62. The van der Waals surface area contributed by atoms with E-state index in [-0.39, 0.29) is 34.7 Å². The molecule has 3 amide bonds. The Morgan fingerprint density at radius 1 is 1.03 bits per heavy atom. The lowest BCUT2D eigenvalue weighted by atomic mass is 10.1. The van der Waals surface area contributed by atoms with Crippen LogP contribution >= 0.6 is 11.3 Å². The first-order valence-electron chi connectivity index (χ1n) is 11.6. The number of nitrogens with zero attached hydrogens (tertiary/aromatic N) is 6. The van der Waals surface area contributed by atoms with Gasteiger partial charge in [-0.3, -0.25) is 39.5 Å². The van der Waals surface area contributed by atoms with E-state index in [0.29, 0.717) is 41.2 Å². The Morgan fingerprint density at radius 2 is 1.69 bits per heavy atom. The number of benzene rings is 2. The summed E-state index contributed by atoms with van der Waals surface area (Å²) in [7, 11) is 0. The van der Waals surface area contributed by atoms with E-state index in [1.807, 2.05) is 11.8 Å². The number of thiophene rings is 1. The minimum absolute atomic E-state index is 0.137. The lowest BCUT2D eigenvalue weighted by molar-refractivity contribution is -0.389.